The van der Waals surface area contributed by atoms with Crippen molar-refractivity contribution in [3.63, 3.8) is 0 Å². The summed E-state index contributed by atoms with van der Waals surface area (Å²) in [6, 6.07) is 7.56. The van der Waals surface area contributed by atoms with Crippen molar-refractivity contribution in [1.29, 1.82) is 0 Å². The number of carbonyl (C=O) groups excluding carboxylic acids is 1. The van der Waals surface area contributed by atoms with Gasteiger partial charge in [0.2, 0.25) is 0 Å². The van der Waals surface area contributed by atoms with E-state index in [1.54, 1.807) is 0 Å². The Morgan fingerprint density at radius 1 is 1.32 bits per heavy atom. The summed E-state index contributed by atoms with van der Waals surface area (Å²) in [5, 5.41) is 3.57. The van der Waals surface area contributed by atoms with Crippen molar-refractivity contribution in [2.75, 3.05) is 0 Å². The van der Waals surface area contributed by atoms with Crippen LogP contribution in [0.25, 0.3) is 0 Å². The summed E-state index contributed by atoms with van der Waals surface area (Å²) in [7, 11) is 0. The van der Waals surface area contributed by atoms with Crippen molar-refractivity contribution in [2.45, 2.75) is 50.6 Å². The molecule has 2 heterocycles. The molecule has 1 aromatic carbocycles. The van der Waals surface area contributed by atoms with Crippen LogP contribution in [0.3, 0.4) is 0 Å². The van der Waals surface area contributed by atoms with Gasteiger partial charge in [0.1, 0.15) is 11.6 Å². The van der Waals surface area contributed by atoms with Gasteiger partial charge in [-0.05, 0) is 42.9 Å². The number of hydrogen-bond acceptors (Lipinski definition) is 2. The molecular weight excluding hydrogens is 241 g/mol. The van der Waals surface area contributed by atoms with Crippen LogP contribution < -0.4 is 5.32 Å². The number of halogens is 1. The van der Waals surface area contributed by atoms with Gasteiger partial charge in [0.25, 0.3) is 0 Å². The van der Waals surface area contributed by atoms with Crippen LogP contribution in [-0.4, -0.2) is 17.9 Å². The molecule has 4 atom stereocenters. The Bertz CT molecular complexity index is 470. The van der Waals surface area contributed by atoms with Crippen molar-refractivity contribution in [3.05, 3.63) is 35.6 Å². The highest BCUT2D eigenvalue weighted by molar-refractivity contribution is 5.82. The molecular formula is C16H20FNO. The maximum atomic E-state index is 13.1. The molecule has 0 radical (unpaired) electrons. The molecule has 2 bridgehead atoms. The van der Waals surface area contributed by atoms with E-state index in [4.69, 9.17) is 0 Å². The number of piperidine rings is 1. The topological polar surface area (TPSA) is 29.1 Å². The first-order chi connectivity index (χ1) is 9.19. The van der Waals surface area contributed by atoms with E-state index in [9.17, 15) is 9.18 Å². The lowest BCUT2D eigenvalue weighted by atomic mass is 9.74. The largest absolute Gasteiger partial charge is 0.310 e. The number of Topliss-reactive ketones (excluding diaryl/α,β-unsaturated/α-hetero) is 1. The first kappa shape index (κ1) is 12.8. The zero-order valence-corrected chi connectivity index (χ0v) is 11.2. The van der Waals surface area contributed by atoms with Crippen LogP contribution in [0.4, 0.5) is 4.39 Å². The second-order valence-corrected chi connectivity index (χ2v) is 5.79. The molecule has 0 amide bonds. The molecule has 2 unspecified atom stereocenters. The van der Waals surface area contributed by atoms with Gasteiger partial charge in [-0.2, -0.15) is 0 Å². The molecule has 102 valence electrons. The van der Waals surface area contributed by atoms with Crippen LogP contribution in [0.2, 0.25) is 0 Å². The Morgan fingerprint density at radius 2 is 2.05 bits per heavy atom. The quantitative estimate of drug-likeness (QED) is 0.906. The molecule has 1 aromatic rings. The average Bonchev–Trinajstić information content (AvgIpc) is 2.80. The van der Waals surface area contributed by atoms with E-state index in [-0.39, 0.29) is 17.7 Å². The SMILES string of the molecule is CCC(=O)[C@@H]1C2CCC(C[C@H]1c1ccc(F)cc1)N2. The fourth-order valence-electron chi connectivity index (χ4n) is 3.79. The predicted octanol–water partition coefficient (Wildman–Crippen LogP) is 3.03. The zero-order valence-electron chi connectivity index (χ0n) is 11.2. The molecule has 0 aliphatic carbocycles. The summed E-state index contributed by atoms with van der Waals surface area (Å²) in [5.41, 5.74) is 1.12. The van der Waals surface area contributed by atoms with Crippen LogP contribution in [0.1, 0.15) is 44.1 Å². The van der Waals surface area contributed by atoms with E-state index in [0.717, 1.165) is 24.8 Å². The summed E-state index contributed by atoms with van der Waals surface area (Å²) in [6.07, 6.45) is 3.85. The minimum absolute atomic E-state index is 0.0641. The molecule has 2 nitrogen and oxygen atoms in total. The summed E-state index contributed by atoms with van der Waals surface area (Å²) in [5.74, 6) is 0.451. The summed E-state index contributed by atoms with van der Waals surface area (Å²) in [4.78, 5) is 12.3. The molecule has 0 spiro atoms. The predicted molar refractivity (Wildman–Crippen MR) is 72.5 cm³/mol. The minimum Gasteiger partial charge on any atom is -0.310 e. The van der Waals surface area contributed by atoms with Crippen molar-refractivity contribution in [1.82, 2.24) is 5.32 Å². The Morgan fingerprint density at radius 3 is 2.74 bits per heavy atom. The smallest absolute Gasteiger partial charge is 0.137 e. The van der Waals surface area contributed by atoms with Crippen LogP contribution in [0.5, 0.6) is 0 Å². The van der Waals surface area contributed by atoms with Gasteiger partial charge >= 0.3 is 0 Å². The molecule has 2 saturated heterocycles. The van der Waals surface area contributed by atoms with Crippen LogP contribution in [-0.2, 0) is 4.79 Å². The van der Waals surface area contributed by atoms with E-state index in [2.05, 4.69) is 5.32 Å². The third kappa shape index (κ3) is 2.32. The Hall–Kier alpha value is -1.22. The summed E-state index contributed by atoms with van der Waals surface area (Å²) in [6.45, 7) is 1.94. The van der Waals surface area contributed by atoms with Gasteiger partial charge in [0.05, 0.1) is 0 Å². The van der Waals surface area contributed by atoms with Gasteiger partial charge in [-0.25, -0.2) is 4.39 Å². The molecule has 3 heteroatoms. The number of rotatable bonds is 3. The normalized spacial score (nSPS) is 33.4. The van der Waals surface area contributed by atoms with Gasteiger partial charge in [0, 0.05) is 24.4 Å². The van der Waals surface area contributed by atoms with E-state index in [0.29, 0.717) is 24.3 Å². The molecule has 2 aliphatic rings. The number of benzene rings is 1. The van der Waals surface area contributed by atoms with Gasteiger partial charge in [-0.1, -0.05) is 19.1 Å². The summed E-state index contributed by atoms with van der Waals surface area (Å²) < 4.78 is 13.1. The monoisotopic (exact) mass is 261 g/mol. The third-order valence-corrected chi connectivity index (χ3v) is 4.70. The second-order valence-electron chi connectivity index (χ2n) is 5.79. The highest BCUT2D eigenvalue weighted by atomic mass is 19.1. The maximum absolute atomic E-state index is 13.1. The van der Waals surface area contributed by atoms with Gasteiger partial charge in [0.15, 0.2) is 0 Å². The van der Waals surface area contributed by atoms with Crippen molar-refractivity contribution >= 4 is 5.78 Å². The highest BCUT2D eigenvalue weighted by Crippen LogP contribution is 2.42. The molecule has 2 aliphatic heterocycles. The number of hydrogen-bond donors (Lipinski definition) is 1. The fraction of sp³-hybridized carbons (Fsp3) is 0.562. The molecule has 0 saturated carbocycles. The van der Waals surface area contributed by atoms with Crippen LogP contribution in [0.15, 0.2) is 24.3 Å². The lowest BCUT2D eigenvalue weighted by molar-refractivity contribution is -0.124. The van der Waals surface area contributed by atoms with Gasteiger partial charge < -0.3 is 5.32 Å². The van der Waals surface area contributed by atoms with E-state index < -0.39 is 0 Å². The third-order valence-electron chi connectivity index (χ3n) is 4.70. The Kier molecular flexibility index (Phi) is 3.40. The molecule has 19 heavy (non-hydrogen) atoms. The van der Waals surface area contributed by atoms with Crippen LogP contribution >= 0.6 is 0 Å². The first-order valence-corrected chi connectivity index (χ1v) is 7.23. The first-order valence-electron chi connectivity index (χ1n) is 7.23. The second kappa shape index (κ2) is 5.04. The zero-order chi connectivity index (χ0) is 13.4. The van der Waals surface area contributed by atoms with Crippen molar-refractivity contribution in [2.24, 2.45) is 5.92 Å². The minimum atomic E-state index is -0.209. The molecule has 0 aromatic heterocycles. The Labute approximate surface area is 113 Å². The van der Waals surface area contributed by atoms with E-state index in [1.165, 1.54) is 12.1 Å². The van der Waals surface area contributed by atoms with Gasteiger partial charge in [-0.15, -0.1) is 0 Å². The van der Waals surface area contributed by atoms with Crippen LogP contribution in [0, 0.1) is 11.7 Å². The van der Waals surface area contributed by atoms with E-state index >= 15 is 0 Å². The van der Waals surface area contributed by atoms with Crippen molar-refractivity contribution in [3.8, 4) is 0 Å². The number of nitrogens with one attached hydrogen (secondary N) is 1. The maximum Gasteiger partial charge on any atom is 0.137 e. The molecule has 1 N–H and O–H groups in total. The average molecular weight is 261 g/mol. The van der Waals surface area contributed by atoms with E-state index in [1.807, 2.05) is 19.1 Å². The number of ketones is 1. The lowest BCUT2D eigenvalue weighted by Gasteiger charge is -2.37. The number of fused-ring (bicyclic) bond motifs is 2. The highest BCUT2D eigenvalue weighted by Gasteiger charge is 2.44. The van der Waals surface area contributed by atoms with Crippen molar-refractivity contribution < 1.29 is 9.18 Å². The standard InChI is InChI=1S/C16H20FNO/c1-2-15(19)16-13(9-12-7-8-14(16)18-12)10-3-5-11(17)6-4-10/h3-6,12-14,16,18H,2,7-9H2,1H3/t12?,13-,14?,16-/m0/s1. The lowest BCUT2D eigenvalue weighted by Crippen LogP contribution is -2.47. The summed E-state index contributed by atoms with van der Waals surface area (Å²) >= 11 is 0. The fourth-order valence-corrected chi connectivity index (χ4v) is 3.79. The molecule has 3 rings (SSSR count). The Balaban J connectivity index is 1.92. The van der Waals surface area contributed by atoms with Gasteiger partial charge in [-0.3, -0.25) is 4.79 Å². The number of carbonyl (C=O) groups is 1. The molecule has 2 fully saturated rings.